The minimum Gasteiger partial charge on any atom is -0.398 e. The Morgan fingerprint density at radius 2 is 1.62 bits per heavy atom. The Morgan fingerprint density at radius 3 is 2.10 bits per heavy atom. The number of nitrogens with two attached hydrogens (primary N) is 1. The molecule has 0 saturated heterocycles. The highest BCUT2D eigenvalue weighted by molar-refractivity contribution is 7.85. The van der Waals surface area contributed by atoms with Crippen LogP contribution in [0.4, 0.5) is 18.9 Å². The molecule has 0 heterocycles. The molecule has 1 aliphatic carbocycles. The fourth-order valence-corrected chi connectivity index (χ4v) is 2.48. The number of hydrogen-bond acceptors (Lipinski definition) is 4. The monoisotopic (exact) mass is 427 g/mol. The molecule has 0 unspecified atom stereocenters. The van der Waals surface area contributed by atoms with Crippen molar-refractivity contribution in [1.82, 2.24) is 0 Å². The van der Waals surface area contributed by atoms with Crippen LogP contribution in [0, 0.1) is 17.8 Å². The zero-order chi connectivity index (χ0) is 21.9. The molecule has 1 aliphatic rings. The average molecular weight is 427 g/mol. The van der Waals surface area contributed by atoms with Crippen LogP contribution in [0.5, 0.6) is 0 Å². The van der Waals surface area contributed by atoms with Crippen LogP contribution < -0.4 is 5.73 Å². The summed E-state index contributed by atoms with van der Waals surface area (Å²) in [6.07, 6.45) is -2.70. The van der Waals surface area contributed by atoms with Crippen LogP contribution in [-0.4, -0.2) is 30.5 Å². The normalized spacial score (nSPS) is 15.9. The second-order valence-electron chi connectivity index (χ2n) is 6.62. The van der Waals surface area contributed by atoms with Gasteiger partial charge in [0.15, 0.2) is 0 Å². The van der Waals surface area contributed by atoms with Crippen molar-refractivity contribution in [3.05, 3.63) is 54.1 Å². The molecule has 5 nitrogen and oxygen atoms in total. The van der Waals surface area contributed by atoms with Gasteiger partial charge in [-0.05, 0) is 18.4 Å². The number of aliphatic hydroxyl groups is 1. The van der Waals surface area contributed by atoms with Gasteiger partial charge in [0.05, 0.1) is 6.26 Å². The largest absolute Gasteiger partial charge is 0.433 e. The van der Waals surface area contributed by atoms with Gasteiger partial charge in [-0.3, -0.25) is 4.55 Å². The maximum Gasteiger partial charge on any atom is 0.433 e. The lowest BCUT2D eigenvalue weighted by Gasteiger charge is -2.27. The fourth-order valence-electron chi connectivity index (χ4n) is 2.48. The molecule has 2 aromatic carbocycles. The van der Waals surface area contributed by atoms with Crippen LogP contribution in [0.2, 0.25) is 0 Å². The van der Waals surface area contributed by atoms with E-state index in [1.54, 1.807) is 36.4 Å². The van der Waals surface area contributed by atoms with E-state index in [9.17, 15) is 26.7 Å². The summed E-state index contributed by atoms with van der Waals surface area (Å²) in [6, 6.07) is 13.1. The van der Waals surface area contributed by atoms with E-state index in [-0.39, 0.29) is 11.6 Å². The highest BCUT2D eigenvalue weighted by atomic mass is 32.2. The van der Waals surface area contributed by atoms with Crippen molar-refractivity contribution in [2.45, 2.75) is 24.6 Å². The number of rotatable bonds is 2. The topological polar surface area (TPSA) is 101 Å². The first-order chi connectivity index (χ1) is 13.3. The van der Waals surface area contributed by atoms with E-state index in [0.29, 0.717) is 17.4 Å². The Labute approximate surface area is 167 Å². The fraction of sp³-hybridized carbons (Fsp3) is 0.300. The smallest absolute Gasteiger partial charge is 0.398 e. The summed E-state index contributed by atoms with van der Waals surface area (Å²) >= 11 is 0. The third-order valence-corrected chi connectivity index (χ3v) is 4.03. The molecule has 0 spiro atoms. The third-order valence-electron chi connectivity index (χ3n) is 4.03. The van der Waals surface area contributed by atoms with E-state index in [2.05, 4.69) is 5.92 Å². The molecule has 0 amide bonds. The second-order valence-corrected chi connectivity index (χ2v) is 8.08. The summed E-state index contributed by atoms with van der Waals surface area (Å²) in [7, 11) is -3.67. The number of benzene rings is 2. The highest BCUT2D eigenvalue weighted by Crippen LogP contribution is 2.43. The lowest BCUT2D eigenvalue weighted by Crippen LogP contribution is -2.41. The minimum absolute atomic E-state index is 0.0718. The zero-order valence-electron chi connectivity index (χ0n) is 15.4. The summed E-state index contributed by atoms with van der Waals surface area (Å²) < 4.78 is 66.6. The highest BCUT2D eigenvalue weighted by Gasteiger charge is 2.55. The van der Waals surface area contributed by atoms with Crippen molar-refractivity contribution in [3.63, 3.8) is 0 Å². The summed E-state index contributed by atoms with van der Waals surface area (Å²) in [6.45, 7) is 0. The Kier molecular flexibility index (Phi) is 6.63. The summed E-state index contributed by atoms with van der Waals surface area (Å²) in [5.41, 5.74) is 3.29. The average Bonchev–Trinajstić information content (AvgIpc) is 3.43. The van der Waals surface area contributed by atoms with E-state index in [1.165, 1.54) is 12.1 Å². The Hall–Kier alpha value is -2.54. The van der Waals surface area contributed by atoms with Gasteiger partial charge in [0.2, 0.25) is 5.60 Å². The van der Waals surface area contributed by atoms with Gasteiger partial charge >= 0.3 is 6.18 Å². The molecule has 29 heavy (non-hydrogen) atoms. The van der Waals surface area contributed by atoms with Gasteiger partial charge in [-0.2, -0.15) is 21.6 Å². The Bertz CT molecular complexity index is 1020. The van der Waals surface area contributed by atoms with Crippen molar-refractivity contribution in [1.29, 1.82) is 0 Å². The number of anilines is 1. The van der Waals surface area contributed by atoms with Gasteiger partial charge in [-0.1, -0.05) is 60.4 Å². The molecule has 1 saturated carbocycles. The van der Waals surface area contributed by atoms with Gasteiger partial charge in [0.1, 0.15) is 0 Å². The molecule has 0 radical (unpaired) electrons. The van der Waals surface area contributed by atoms with Crippen LogP contribution in [0.3, 0.4) is 0 Å². The Morgan fingerprint density at radius 1 is 1.07 bits per heavy atom. The van der Waals surface area contributed by atoms with Crippen molar-refractivity contribution >= 4 is 15.8 Å². The predicted molar refractivity (Wildman–Crippen MR) is 104 cm³/mol. The second kappa shape index (κ2) is 8.45. The van der Waals surface area contributed by atoms with Crippen LogP contribution in [0.25, 0.3) is 11.1 Å². The number of hydrogen-bond donors (Lipinski definition) is 3. The maximum absolute atomic E-state index is 13.6. The van der Waals surface area contributed by atoms with Crippen molar-refractivity contribution < 1.29 is 31.2 Å². The lowest BCUT2D eigenvalue weighted by molar-refractivity contribution is -0.240. The molecule has 1 atom stereocenters. The maximum atomic E-state index is 13.6. The number of para-hydroxylation sites is 1. The summed E-state index contributed by atoms with van der Waals surface area (Å²) in [4.78, 5) is 0. The molecule has 0 aromatic heterocycles. The van der Waals surface area contributed by atoms with Crippen LogP contribution in [-0.2, 0) is 15.7 Å². The van der Waals surface area contributed by atoms with Gasteiger partial charge < -0.3 is 10.8 Å². The van der Waals surface area contributed by atoms with Gasteiger partial charge in [-0.15, -0.1) is 0 Å². The molecular formula is C20H20F3NO4S. The molecule has 2 aromatic rings. The van der Waals surface area contributed by atoms with Gasteiger partial charge in [-0.25, -0.2) is 0 Å². The van der Waals surface area contributed by atoms with E-state index in [0.717, 1.165) is 12.8 Å². The Balaban J connectivity index is 0.000000537. The minimum atomic E-state index is -4.95. The molecule has 1 fully saturated rings. The van der Waals surface area contributed by atoms with E-state index >= 15 is 0 Å². The van der Waals surface area contributed by atoms with Crippen LogP contribution in [0.15, 0.2) is 48.5 Å². The number of nitrogen functional groups attached to an aromatic ring is 1. The van der Waals surface area contributed by atoms with Crippen molar-refractivity contribution in [2.24, 2.45) is 5.92 Å². The predicted octanol–water partition coefficient (Wildman–Crippen LogP) is 3.60. The third kappa shape index (κ3) is 6.22. The summed E-state index contributed by atoms with van der Waals surface area (Å²) in [5, 5.41) is 10.4. The van der Waals surface area contributed by atoms with E-state index < -0.39 is 27.5 Å². The van der Waals surface area contributed by atoms with Crippen LogP contribution >= 0.6 is 0 Å². The van der Waals surface area contributed by atoms with E-state index in [4.69, 9.17) is 10.3 Å². The number of alkyl halides is 3. The first kappa shape index (κ1) is 22.7. The van der Waals surface area contributed by atoms with Crippen molar-refractivity contribution in [2.75, 3.05) is 12.0 Å². The number of halogens is 3. The SMILES string of the molecule is CS(=O)(=O)O.Nc1c(-c2ccccc2)cccc1[C@](O)(C#CC1CC1)C(F)(F)F. The quantitative estimate of drug-likeness (QED) is 0.386. The summed E-state index contributed by atoms with van der Waals surface area (Å²) in [5.74, 6) is 4.48. The molecule has 4 N–H and O–H groups in total. The van der Waals surface area contributed by atoms with Gasteiger partial charge in [0, 0.05) is 22.7 Å². The zero-order valence-corrected chi connectivity index (χ0v) is 16.3. The first-order valence-corrected chi connectivity index (χ1v) is 10.4. The lowest BCUT2D eigenvalue weighted by atomic mass is 9.88. The van der Waals surface area contributed by atoms with E-state index in [1.807, 2.05) is 5.92 Å². The van der Waals surface area contributed by atoms with Crippen LogP contribution in [0.1, 0.15) is 18.4 Å². The standard InChI is InChI=1S/C19H16F3NO.CH4O3S/c20-19(21,22)18(24,12-11-13-9-10-13)16-8-4-7-15(17(16)23)14-5-2-1-3-6-14;1-5(2,3)4/h1-8,13,24H,9-10,23H2;1H3,(H,2,3,4)/t18-;/m1./s1. The molecule has 0 aliphatic heterocycles. The molecular weight excluding hydrogens is 407 g/mol. The van der Waals surface area contributed by atoms with Crippen molar-refractivity contribution in [3.8, 4) is 23.0 Å². The molecule has 3 rings (SSSR count). The first-order valence-electron chi connectivity index (χ1n) is 8.51. The molecule has 9 heteroatoms. The molecule has 0 bridgehead atoms. The molecule has 156 valence electrons. The van der Waals surface area contributed by atoms with Gasteiger partial charge in [0.25, 0.3) is 10.1 Å².